The summed E-state index contributed by atoms with van der Waals surface area (Å²) in [4.78, 5) is 11.0. The van der Waals surface area contributed by atoms with Gasteiger partial charge in [-0.1, -0.05) is 0 Å². The smallest absolute Gasteiger partial charge is 0.225 e. The van der Waals surface area contributed by atoms with Crippen LogP contribution in [0.25, 0.3) is 0 Å². The van der Waals surface area contributed by atoms with E-state index in [9.17, 15) is 4.79 Å². The van der Waals surface area contributed by atoms with Gasteiger partial charge in [0.2, 0.25) is 5.91 Å². The average Bonchev–Trinajstić information content (AvgIpc) is 2.40. The van der Waals surface area contributed by atoms with Crippen LogP contribution in [0.4, 0.5) is 0 Å². The highest BCUT2D eigenvalue weighted by Gasteiger charge is 2.57. The molecule has 0 aromatic heterocycles. The van der Waals surface area contributed by atoms with Crippen LogP contribution in [0.1, 0.15) is 19.3 Å². The van der Waals surface area contributed by atoms with Crippen LogP contribution < -0.4 is 5.32 Å². The lowest BCUT2D eigenvalue weighted by atomic mass is 9.78. The molecule has 3 rings (SSSR count). The van der Waals surface area contributed by atoms with Gasteiger partial charge in [-0.05, 0) is 31.1 Å². The fourth-order valence-corrected chi connectivity index (χ4v) is 3.04. The summed E-state index contributed by atoms with van der Waals surface area (Å²) < 4.78 is 0. The zero-order chi connectivity index (χ0) is 6.72. The quantitative estimate of drug-likeness (QED) is 0.485. The largest absolute Gasteiger partial charge is 0.352 e. The predicted octanol–water partition coefficient (Wildman–Crippen LogP) is 0.531. The lowest BCUT2D eigenvalue weighted by Gasteiger charge is -2.39. The van der Waals surface area contributed by atoms with E-state index in [0.29, 0.717) is 17.9 Å². The summed E-state index contributed by atoms with van der Waals surface area (Å²) in [5.41, 5.74) is 0. The minimum atomic E-state index is 0.331. The predicted molar refractivity (Wildman–Crippen MR) is 36.3 cm³/mol. The molecule has 2 nitrogen and oxygen atoms in total. The topological polar surface area (TPSA) is 29.1 Å². The number of carbonyl (C=O) groups excluding carboxylic acids is 1. The molecule has 1 saturated heterocycles. The van der Waals surface area contributed by atoms with Crippen molar-refractivity contribution < 1.29 is 4.79 Å². The van der Waals surface area contributed by atoms with Crippen molar-refractivity contribution in [2.45, 2.75) is 25.3 Å². The summed E-state index contributed by atoms with van der Waals surface area (Å²) in [6.07, 6.45) is 4.01. The summed E-state index contributed by atoms with van der Waals surface area (Å²) >= 11 is 0. The Balaban J connectivity index is 1.95. The Hall–Kier alpha value is -0.530. The molecule has 0 spiro atoms. The Bertz CT molecular complexity index is 199. The molecule has 3 fully saturated rings. The van der Waals surface area contributed by atoms with Gasteiger partial charge in [0, 0.05) is 6.04 Å². The Morgan fingerprint density at radius 2 is 2.10 bits per heavy atom. The molecule has 1 heterocycles. The standard InChI is InChI=1S/C8H11NO/c10-8-6-4-1-2-5(3-4)7(6)9-8/h4-7H,1-3H2,(H,9,10)/t4-,5+,6-,7+/m0/s1. The molecule has 0 unspecified atom stereocenters. The average molecular weight is 137 g/mol. The summed E-state index contributed by atoms with van der Waals surface area (Å²) in [5.74, 6) is 2.40. The molecular weight excluding hydrogens is 126 g/mol. The van der Waals surface area contributed by atoms with E-state index < -0.39 is 0 Å². The molecule has 2 aliphatic carbocycles. The van der Waals surface area contributed by atoms with Gasteiger partial charge in [0.1, 0.15) is 0 Å². The summed E-state index contributed by atoms with van der Waals surface area (Å²) in [6.45, 7) is 0. The number of amides is 1. The normalized spacial score (nSPS) is 55.8. The monoisotopic (exact) mass is 137 g/mol. The van der Waals surface area contributed by atoms with Crippen molar-refractivity contribution in [3.05, 3.63) is 0 Å². The van der Waals surface area contributed by atoms with Gasteiger partial charge in [0.15, 0.2) is 0 Å². The van der Waals surface area contributed by atoms with E-state index in [1.54, 1.807) is 0 Å². The zero-order valence-electron chi connectivity index (χ0n) is 5.84. The highest BCUT2D eigenvalue weighted by atomic mass is 16.2. The van der Waals surface area contributed by atoms with Crippen LogP contribution in [-0.2, 0) is 4.79 Å². The molecule has 10 heavy (non-hydrogen) atoms. The molecule has 54 valence electrons. The molecular formula is C8H11NO. The first-order valence-electron chi connectivity index (χ1n) is 4.16. The van der Waals surface area contributed by atoms with E-state index in [1.807, 2.05) is 0 Å². The molecule has 0 aromatic carbocycles. The molecule has 1 aliphatic heterocycles. The van der Waals surface area contributed by atoms with Gasteiger partial charge in [-0.15, -0.1) is 0 Å². The third-order valence-electron chi connectivity index (χ3n) is 3.53. The van der Waals surface area contributed by atoms with Crippen LogP contribution in [0.3, 0.4) is 0 Å². The minimum Gasteiger partial charge on any atom is -0.352 e. The zero-order valence-corrected chi connectivity index (χ0v) is 5.84. The Labute approximate surface area is 60.0 Å². The van der Waals surface area contributed by atoms with Crippen LogP contribution in [0, 0.1) is 17.8 Å². The maximum atomic E-state index is 11.0. The van der Waals surface area contributed by atoms with Crippen molar-refractivity contribution in [2.24, 2.45) is 17.8 Å². The van der Waals surface area contributed by atoms with Crippen molar-refractivity contribution in [3.8, 4) is 0 Å². The van der Waals surface area contributed by atoms with Gasteiger partial charge in [-0.2, -0.15) is 0 Å². The van der Waals surface area contributed by atoms with Crippen molar-refractivity contribution in [2.75, 3.05) is 0 Å². The van der Waals surface area contributed by atoms with E-state index >= 15 is 0 Å². The Morgan fingerprint density at radius 3 is 2.70 bits per heavy atom. The van der Waals surface area contributed by atoms with Crippen LogP contribution in [-0.4, -0.2) is 11.9 Å². The van der Waals surface area contributed by atoms with E-state index in [4.69, 9.17) is 0 Å². The Kier molecular flexibility index (Phi) is 0.715. The third kappa shape index (κ3) is 0.386. The van der Waals surface area contributed by atoms with Crippen molar-refractivity contribution in [1.29, 1.82) is 0 Å². The Morgan fingerprint density at radius 1 is 1.30 bits per heavy atom. The van der Waals surface area contributed by atoms with Crippen molar-refractivity contribution >= 4 is 5.91 Å². The van der Waals surface area contributed by atoms with Crippen LogP contribution >= 0.6 is 0 Å². The second kappa shape index (κ2) is 1.39. The number of hydrogen-bond donors (Lipinski definition) is 1. The van der Waals surface area contributed by atoms with E-state index in [2.05, 4.69) is 5.32 Å². The van der Waals surface area contributed by atoms with Gasteiger partial charge in [-0.3, -0.25) is 4.79 Å². The minimum absolute atomic E-state index is 0.331. The molecule has 0 radical (unpaired) electrons. The van der Waals surface area contributed by atoms with Crippen LogP contribution in [0.5, 0.6) is 0 Å². The molecule has 4 atom stereocenters. The third-order valence-corrected chi connectivity index (χ3v) is 3.53. The second-order valence-corrected chi connectivity index (χ2v) is 3.89. The number of nitrogens with one attached hydrogen (secondary N) is 1. The molecule has 2 heteroatoms. The highest BCUT2D eigenvalue weighted by molar-refractivity contribution is 5.87. The van der Waals surface area contributed by atoms with E-state index in [-0.39, 0.29) is 0 Å². The number of hydrogen-bond acceptors (Lipinski definition) is 1. The highest BCUT2D eigenvalue weighted by Crippen LogP contribution is 2.51. The first-order chi connectivity index (χ1) is 4.86. The SMILES string of the molecule is O=C1N[C@@H]2[C@@H]3CC[C@@H](C3)[C@H]12. The first kappa shape index (κ1) is 5.16. The van der Waals surface area contributed by atoms with Gasteiger partial charge in [-0.25, -0.2) is 0 Å². The van der Waals surface area contributed by atoms with Crippen LogP contribution in [0.2, 0.25) is 0 Å². The van der Waals surface area contributed by atoms with Crippen molar-refractivity contribution in [1.82, 2.24) is 5.32 Å². The number of β-lactam (4-membered cyclic amide) rings is 1. The number of carbonyl (C=O) groups is 1. The van der Waals surface area contributed by atoms with Gasteiger partial charge >= 0.3 is 0 Å². The fraction of sp³-hybridized carbons (Fsp3) is 0.875. The number of fused-ring (bicyclic) bond motifs is 5. The first-order valence-corrected chi connectivity index (χ1v) is 4.16. The van der Waals surface area contributed by atoms with E-state index in [1.165, 1.54) is 19.3 Å². The lowest BCUT2D eigenvalue weighted by molar-refractivity contribution is -0.137. The van der Waals surface area contributed by atoms with Crippen molar-refractivity contribution in [3.63, 3.8) is 0 Å². The lowest BCUT2D eigenvalue weighted by Crippen LogP contribution is -2.60. The molecule has 2 saturated carbocycles. The van der Waals surface area contributed by atoms with Gasteiger partial charge in [0.25, 0.3) is 0 Å². The van der Waals surface area contributed by atoms with E-state index in [0.717, 1.165) is 11.8 Å². The van der Waals surface area contributed by atoms with Gasteiger partial charge < -0.3 is 5.32 Å². The number of rotatable bonds is 0. The molecule has 0 aromatic rings. The van der Waals surface area contributed by atoms with Gasteiger partial charge in [0.05, 0.1) is 5.92 Å². The molecule has 3 aliphatic rings. The molecule has 1 N–H and O–H groups in total. The fourth-order valence-electron chi connectivity index (χ4n) is 3.04. The molecule has 2 bridgehead atoms. The molecule has 1 amide bonds. The summed E-state index contributed by atoms with van der Waals surface area (Å²) in [6, 6.07) is 0.603. The van der Waals surface area contributed by atoms with Crippen LogP contribution in [0.15, 0.2) is 0 Å². The second-order valence-electron chi connectivity index (χ2n) is 3.89. The summed E-state index contributed by atoms with van der Waals surface area (Å²) in [5, 5.41) is 3.00. The maximum Gasteiger partial charge on any atom is 0.225 e. The summed E-state index contributed by atoms with van der Waals surface area (Å²) in [7, 11) is 0. The maximum absolute atomic E-state index is 11.0.